The maximum Gasteiger partial charge on any atom is 0.416 e. The van der Waals surface area contributed by atoms with Gasteiger partial charge in [-0.15, -0.1) is 0 Å². The van der Waals surface area contributed by atoms with Crippen molar-refractivity contribution in [2.24, 2.45) is 5.92 Å². The molecule has 2 atom stereocenters. The Hall–Kier alpha value is -2.87. The first-order valence-electron chi connectivity index (χ1n) is 10.2. The van der Waals surface area contributed by atoms with Crippen LogP contribution >= 0.6 is 0 Å². The molecule has 2 heterocycles. The van der Waals surface area contributed by atoms with Crippen molar-refractivity contribution >= 4 is 11.8 Å². The number of hydrogen-bond acceptors (Lipinski definition) is 3. The van der Waals surface area contributed by atoms with Crippen molar-refractivity contribution in [1.82, 2.24) is 9.80 Å². The molecule has 0 radical (unpaired) electrons. The molecule has 8 heteroatoms. The van der Waals surface area contributed by atoms with Gasteiger partial charge in [0.15, 0.2) is 0 Å². The van der Waals surface area contributed by atoms with Crippen LogP contribution in [0, 0.1) is 5.92 Å². The van der Waals surface area contributed by atoms with Crippen LogP contribution < -0.4 is 0 Å². The smallest absolute Gasteiger partial charge is 0.370 e. The van der Waals surface area contributed by atoms with Crippen LogP contribution in [0.2, 0.25) is 0 Å². The van der Waals surface area contributed by atoms with Crippen LogP contribution in [-0.2, 0) is 15.7 Å². The van der Waals surface area contributed by atoms with Gasteiger partial charge in [-0.2, -0.15) is 13.2 Å². The standard InChI is InChI=1S/C23H23F3N2O3/c24-23(25,26)19-8-6-16(7-9-19)20-15-28(12-13-31-20)22(30)18-10-11-27(14-18)21(29)17-4-2-1-3-5-17/h1-9,18,20H,10-15H2. The third kappa shape index (κ3) is 4.74. The summed E-state index contributed by atoms with van der Waals surface area (Å²) in [6, 6.07) is 13.8. The van der Waals surface area contributed by atoms with E-state index in [2.05, 4.69) is 0 Å². The Morgan fingerprint density at radius 1 is 0.903 bits per heavy atom. The van der Waals surface area contributed by atoms with E-state index in [0.29, 0.717) is 43.8 Å². The number of rotatable bonds is 3. The van der Waals surface area contributed by atoms with E-state index in [1.165, 1.54) is 12.1 Å². The molecule has 5 nitrogen and oxygen atoms in total. The number of alkyl halides is 3. The van der Waals surface area contributed by atoms with Crippen LogP contribution in [0.4, 0.5) is 13.2 Å². The highest BCUT2D eigenvalue weighted by molar-refractivity contribution is 5.95. The highest BCUT2D eigenvalue weighted by Crippen LogP contribution is 2.31. The van der Waals surface area contributed by atoms with E-state index < -0.39 is 17.8 Å². The first-order chi connectivity index (χ1) is 14.8. The first-order valence-corrected chi connectivity index (χ1v) is 10.2. The summed E-state index contributed by atoms with van der Waals surface area (Å²) < 4.78 is 44.1. The average Bonchev–Trinajstić information content (AvgIpc) is 3.28. The van der Waals surface area contributed by atoms with Crippen LogP contribution in [0.25, 0.3) is 0 Å². The van der Waals surface area contributed by atoms with Crippen molar-refractivity contribution in [2.45, 2.75) is 18.7 Å². The molecular formula is C23H23F3N2O3. The van der Waals surface area contributed by atoms with Gasteiger partial charge < -0.3 is 14.5 Å². The van der Waals surface area contributed by atoms with Gasteiger partial charge in [-0.25, -0.2) is 0 Å². The highest BCUT2D eigenvalue weighted by atomic mass is 19.4. The molecule has 2 amide bonds. The second kappa shape index (κ2) is 8.70. The zero-order valence-corrected chi connectivity index (χ0v) is 16.8. The SMILES string of the molecule is O=C(c1ccccc1)N1CCC(C(=O)N2CCOC(c3ccc(C(F)(F)F)cc3)C2)C1. The summed E-state index contributed by atoms with van der Waals surface area (Å²) in [6.07, 6.45) is -4.26. The fourth-order valence-electron chi connectivity index (χ4n) is 4.11. The summed E-state index contributed by atoms with van der Waals surface area (Å²) in [5, 5.41) is 0. The van der Waals surface area contributed by atoms with Gasteiger partial charge in [-0.3, -0.25) is 9.59 Å². The third-order valence-corrected chi connectivity index (χ3v) is 5.83. The largest absolute Gasteiger partial charge is 0.416 e. The topological polar surface area (TPSA) is 49.9 Å². The van der Waals surface area contributed by atoms with Crippen molar-refractivity contribution in [2.75, 3.05) is 32.8 Å². The quantitative estimate of drug-likeness (QED) is 0.742. The molecular weight excluding hydrogens is 409 g/mol. The van der Waals surface area contributed by atoms with E-state index in [1.807, 2.05) is 6.07 Å². The molecule has 0 spiro atoms. The van der Waals surface area contributed by atoms with Crippen molar-refractivity contribution < 1.29 is 27.5 Å². The Morgan fingerprint density at radius 2 is 1.61 bits per heavy atom. The predicted molar refractivity (Wildman–Crippen MR) is 107 cm³/mol. The number of carbonyl (C=O) groups is 2. The van der Waals surface area contributed by atoms with Gasteiger partial charge in [-0.1, -0.05) is 30.3 Å². The molecule has 2 unspecified atom stereocenters. The van der Waals surface area contributed by atoms with E-state index >= 15 is 0 Å². The van der Waals surface area contributed by atoms with Gasteiger partial charge in [0.25, 0.3) is 5.91 Å². The summed E-state index contributed by atoms with van der Waals surface area (Å²) in [6.45, 7) is 1.93. The lowest BCUT2D eigenvalue weighted by Crippen LogP contribution is -2.45. The number of ether oxygens (including phenoxy) is 1. The Kier molecular flexibility index (Phi) is 6.00. The molecule has 2 aliphatic heterocycles. The molecule has 2 aromatic rings. The fourth-order valence-corrected chi connectivity index (χ4v) is 4.11. The second-order valence-corrected chi connectivity index (χ2v) is 7.87. The normalized spacial score (nSPS) is 21.9. The van der Waals surface area contributed by atoms with Gasteiger partial charge in [0.05, 0.1) is 24.6 Å². The number of benzene rings is 2. The molecule has 0 aromatic heterocycles. The molecule has 0 saturated carbocycles. The van der Waals surface area contributed by atoms with Crippen LogP contribution in [0.1, 0.15) is 34.0 Å². The fraction of sp³-hybridized carbons (Fsp3) is 0.391. The second-order valence-electron chi connectivity index (χ2n) is 7.87. The van der Waals surface area contributed by atoms with Gasteiger partial charge in [0.2, 0.25) is 5.91 Å². The molecule has 31 heavy (non-hydrogen) atoms. The van der Waals surface area contributed by atoms with Gasteiger partial charge in [-0.05, 0) is 36.2 Å². The van der Waals surface area contributed by atoms with E-state index in [4.69, 9.17) is 4.74 Å². The Bertz CT molecular complexity index is 931. The average molecular weight is 432 g/mol. The number of halogens is 3. The Labute approximate surface area is 178 Å². The van der Waals surface area contributed by atoms with Crippen molar-refractivity contribution in [3.05, 3.63) is 71.3 Å². The Morgan fingerprint density at radius 3 is 2.29 bits per heavy atom. The third-order valence-electron chi connectivity index (χ3n) is 5.83. The lowest BCUT2D eigenvalue weighted by molar-refractivity contribution is -0.142. The summed E-state index contributed by atoms with van der Waals surface area (Å²) in [4.78, 5) is 29.1. The molecule has 0 aliphatic carbocycles. The zero-order chi connectivity index (χ0) is 22.0. The maximum atomic E-state index is 13.1. The molecule has 0 bridgehead atoms. The monoisotopic (exact) mass is 432 g/mol. The van der Waals surface area contributed by atoms with Crippen LogP contribution in [0.5, 0.6) is 0 Å². The molecule has 2 aliphatic rings. The molecule has 2 saturated heterocycles. The summed E-state index contributed by atoms with van der Waals surface area (Å²) in [7, 11) is 0. The summed E-state index contributed by atoms with van der Waals surface area (Å²) in [5.74, 6) is -0.400. The molecule has 2 aromatic carbocycles. The number of nitrogens with zero attached hydrogens (tertiary/aromatic N) is 2. The Balaban J connectivity index is 1.37. The minimum absolute atomic E-state index is 0.0384. The molecule has 2 fully saturated rings. The number of amides is 2. The maximum absolute atomic E-state index is 13.1. The highest BCUT2D eigenvalue weighted by Gasteiger charge is 2.36. The lowest BCUT2D eigenvalue weighted by Gasteiger charge is -2.34. The number of hydrogen-bond donors (Lipinski definition) is 0. The van der Waals surface area contributed by atoms with E-state index in [-0.39, 0.29) is 24.3 Å². The van der Waals surface area contributed by atoms with E-state index in [9.17, 15) is 22.8 Å². The van der Waals surface area contributed by atoms with Crippen molar-refractivity contribution in [3.63, 3.8) is 0 Å². The zero-order valence-electron chi connectivity index (χ0n) is 16.8. The van der Waals surface area contributed by atoms with Crippen LogP contribution in [-0.4, -0.2) is 54.4 Å². The van der Waals surface area contributed by atoms with Crippen LogP contribution in [0.15, 0.2) is 54.6 Å². The molecule has 164 valence electrons. The number of likely N-dealkylation sites (tertiary alicyclic amines) is 1. The van der Waals surface area contributed by atoms with E-state index in [1.54, 1.807) is 34.1 Å². The minimum atomic E-state index is -4.39. The van der Waals surface area contributed by atoms with Gasteiger partial charge in [0.1, 0.15) is 6.10 Å². The van der Waals surface area contributed by atoms with E-state index in [0.717, 1.165) is 12.1 Å². The first kappa shape index (κ1) is 21.4. The van der Waals surface area contributed by atoms with Gasteiger partial charge in [0, 0.05) is 25.2 Å². The number of carbonyl (C=O) groups excluding carboxylic acids is 2. The van der Waals surface area contributed by atoms with Crippen molar-refractivity contribution in [1.29, 1.82) is 0 Å². The lowest BCUT2D eigenvalue weighted by atomic mass is 10.0. The predicted octanol–water partition coefficient (Wildman–Crippen LogP) is 3.77. The van der Waals surface area contributed by atoms with Crippen LogP contribution in [0.3, 0.4) is 0 Å². The molecule has 0 N–H and O–H groups in total. The summed E-state index contributed by atoms with van der Waals surface area (Å²) >= 11 is 0. The number of morpholine rings is 1. The van der Waals surface area contributed by atoms with Gasteiger partial charge >= 0.3 is 6.18 Å². The summed E-state index contributed by atoms with van der Waals surface area (Å²) in [5.41, 5.74) is 0.497. The van der Waals surface area contributed by atoms with Crippen molar-refractivity contribution in [3.8, 4) is 0 Å². The molecule has 4 rings (SSSR count). The minimum Gasteiger partial charge on any atom is -0.370 e.